The number of carbonyl (C=O) groups is 1. The molecule has 2 aromatic carbocycles. The number of nitrogens with two attached hydrogens (primary N) is 1. The lowest BCUT2D eigenvalue weighted by molar-refractivity contribution is 0.0832. The van der Waals surface area contributed by atoms with Crippen LogP contribution >= 0.6 is 0 Å². The third kappa shape index (κ3) is 6.64. The zero-order valence-electron chi connectivity index (χ0n) is 20.7. The van der Waals surface area contributed by atoms with Crippen LogP contribution in [-0.4, -0.2) is 38.6 Å². The number of hydrogen-bond acceptors (Lipinski definition) is 6. The molecule has 1 aliphatic heterocycles. The van der Waals surface area contributed by atoms with Crippen molar-refractivity contribution in [1.29, 1.82) is 0 Å². The van der Waals surface area contributed by atoms with Crippen molar-refractivity contribution in [3.63, 3.8) is 0 Å². The van der Waals surface area contributed by atoms with E-state index in [9.17, 15) is 17.6 Å². The van der Waals surface area contributed by atoms with Crippen molar-refractivity contribution in [2.75, 3.05) is 23.3 Å². The number of aromatic nitrogens is 1. The van der Waals surface area contributed by atoms with Gasteiger partial charge in [0.2, 0.25) is 0 Å². The van der Waals surface area contributed by atoms with E-state index in [4.69, 9.17) is 10.5 Å². The Labute approximate surface area is 222 Å². The lowest BCUT2D eigenvalue weighted by Gasteiger charge is -2.23. The van der Waals surface area contributed by atoms with Gasteiger partial charge < -0.3 is 15.8 Å². The van der Waals surface area contributed by atoms with Gasteiger partial charge in [0, 0.05) is 31.9 Å². The average molecular weight is 568 g/mol. The number of amides is 1. The summed E-state index contributed by atoms with van der Waals surface area (Å²) < 4.78 is 94.2. The first kappa shape index (κ1) is 28.3. The molecule has 3 aromatic rings. The van der Waals surface area contributed by atoms with Crippen LogP contribution in [0, 0.1) is 30.2 Å². The van der Waals surface area contributed by atoms with E-state index in [-0.39, 0.29) is 11.3 Å². The fourth-order valence-corrected chi connectivity index (χ4v) is 5.20. The number of aryl methyl sites for hydroxylation is 1. The van der Waals surface area contributed by atoms with Gasteiger partial charge in [0.25, 0.3) is 5.91 Å². The van der Waals surface area contributed by atoms with Crippen LogP contribution in [0.3, 0.4) is 0 Å². The summed E-state index contributed by atoms with van der Waals surface area (Å²) in [6.45, 7) is 2.38. The monoisotopic (exact) mass is 567 g/mol. The molecule has 0 saturated carbocycles. The number of pyridine rings is 1. The van der Waals surface area contributed by atoms with Crippen molar-refractivity contribution >= 4 is 33.3 Å². The van der Waals surface area contributed by atoms with Gasteiger partial charge >= 0.3 is 10.2 Å². The molecule has 1 fully saturated rings. The van der Waals surface area contributed by atoms with E-state index in [0.29, 0.717) is 31.6 Å². The Hall–Kier alpha value is -3.75. The Morgan fingerprint density at radius 1 is 1.05 bits per heavy atom. The highest BCUT2D eigenvalue weighted by Crippen LogP contribution is 2.31. The van der Waals surface area contributed by atoms with Crippen molar-refractivity contribution in [2.24, 2.45) is 5.73 Å². The van der Waals surface area contributed by atoms with E-state index in [2.05, 4.69) is 15.0 Å². The number of nitrogens with one attached hydrogen (secondary N) is 3. The molecule has 0 spiro atoms. The second-order valence-corrected chi connectivity index (χ2v) is 10.4. The number of anilines is 3. The summed E-state index contributed by atoms with van der Waals surface area (Å²) in [5.74, 6) is -6.66. The van der Waals surface area contributed by atoms with Gasteiger partial charge in [0.05, 0.1) is 16.9 Å². The first-order chi connectivity index (χ1) is 18.4. The zero-order chi connectivity index (χ0) is 28.3. The lowest BCUT2D eigenvalue weighted by Crippen LogP contribution is -2.42. The molecule has 0 unspecified atom stereocenters. The van der Waals surface area contributed by atoms with Crippen LogP contribution in [0.1, 0.15) is 39.9 Å². The van der Waals surface area contributed by atoms with Crippen molar-refractivity contribution < 1.29 is 35.5 Å². The Bertz CT molecular complexity index is 1510. The molecule has 2 heterocycles. The maximum absolute atomic E-state index is 15.2. The number of ether oxygens (including phenoxy) is 1. The third-order valence-corrected chi connectivity index (χ3v) is 7.16. The highest BCUT2D eigenvalue weighted by Gasteiger charge is 2.25. The van der Waals surface area contributed by atoms with Crippen molar-refractivity contribution in [1.82, 2.24) is 9.71 Å². The fourth-order valence-electron chi connectivity index (χ4n) is 4.07. The number of primary amides is 1. The highest BCUT2D eigenvalue weighted by atomic mass is 32.2. The standard InChI is InChI=1S/C25H25F4N5O4S/c1-13-2-3-19(18(26)10-13)32-23-17(24(30)35)12-15(20(27)22(23)29)11-14-4-7-31-25(21(14)28)34-39(36,37)33-16-5-8-38-9-6-16/h2-4,7,10,12,16,32-33H,5-6,8-9,11H2,1H3,(H2,30,35)(H,31,34). The maximum Gasteiger partial charge on any atom is 0.300 e. The van der Waals surface area contributed by atoms with E-state index >= 15 is 13.2 Å². The number of nitrogens with zero attached hydrogens (tertiary/aromatic N) is 1. The molecule has 1 amide bonds. The van der Waals surface area contributed by atoms with Crippen molar-refractivity contribution in [2.45, 2.75) is 32.2 Å². The Balaban J connectivity index is 1.62. The average Bonchev–Trinajstić information content (AvgIpc) is 2.87. The van der Waals surface area contributed by atoms with E-state index < -0.39 is 74.5 Å². The Kier molecular flexibility index (Phi) is 8.37. The molecule has 0 atom stereocenters. The third-order valence-electron chi connectivity index (χ3n) is 6.06. The zero-order valence-corrected chi connectivity index (χ0v) is 21.5. The van der Waals surface area contributed by atoms with Crippen LogP contribution < -0.4 is 20.5 Å². The van der Waals surface area contributed by atoms with Gasteiger partial charge in [-0.25, -0.2) is 22.5 Å². The lowest BCUT2D eigenvalue weighted by atomic mass is 10.00. The Morgan fingerprint density at radius 3 is 2.44 bits per heavy atom. The smallest absolute Gasteiger partial charge is 0.300 e. The van der Waals surface area contributed by atoms with Crippen LogP contribution in [0.4, 0.5) is 34.8 Å². The normalized spacial score (nSPS) is 14.3. The van der Waals surface area contributed by atoms with Crippen LogP contribution in [0.5, 0.6) is 0 Å². The van der Waals surface area contributed by atoms with Gasteiger partial charge in [-0.15, -0.1) is 0 Å². The molecule has 0 aliphatic carbocycles. The second-order valence-electron chi connectivity index (χ2n) is 8.98. The predicted octanol–water partition coefficient (Wildman–Crippen LogP) is 3.81. The van der Waals surface area contributed by atoms with E-state index in [0.717, 1.165) is 24.4 Å². The molecule has 0 bridgehead atoms. The van der Waals surface area contributed by atoms with Gasteiger partial charge in [-0.3, -0.25) is 9.52 Å². The summed E-state index contributed by atoms with van der Waals surface area (Å²) >= 11 is 0. The first-order valence-electron chi connectivity index (χ1n) is 11.8. The fraction of sp³-hybridized carbons (Fsp3) is 0.280. The van der Waals surface area contributed by atoms with Gasteiger partial charge in [-0.1, -0.05) is 6.07 Å². The van der Waals surface area contributed by atoms with Crippen LogP contribution in [0.25, 0.3) is 0 Å². The van der Waals surface area contributed by atoms with Crippen LogP contribution in [0.15, 0.2) is 36.5 Å². The SMILES string of the molecule is Cc1ccc(Nc2c(C(N)=O)cc(Cc3ccnc(NS(=O)(=O)NC4CCOCC4)c3F)c(F)c2F)c(F)c1. The molecule has 208 valence electrons. The topological polar surface area (TPSA) is 135 Å². The minimum atomic E-state index is -4.21. The van der Waals surface area contributed by atoms with Gasteiger partial charge in [-0.05, 0) is 60.7 Å². The van der Waals surface area contributed by atoms with E-state index in [1.54, 1.807) is 6.92 Å². The second kappa shape index (κ2) is 11.6. The number of carbonyl (C=O) groups excluding carboxylic acids is 1. The summed E-state index contributed by atoms with van der Waals surface area (Å²) in [5, 5.41) is 2.36. The largest absolute Gasteiger partial charge is 0.381 e. The molecule has 1 aliphatic rings. The number of halogens is 4. The predicted molar refractivity (Wildman–Crippen MR) is 136 cm³/mol. The molecule has 4 rings (SSSR count). The maximum atomic E-state index is 15.2. The van der Waals surface area contributed by atoms with Crippen molar-refractivity contribution in [3.8, 4) is 0 Å². The first-order valence-corrected chi connectivity index (χ1v) is 13.3. The van der Waals surface area contributed by atoms with E-state index in [1.165, 1.54) is 12.1 Å². The van der Waals surface area contributed by atoms with Crippen LogP contribution in [-0.2, 0) is 21.4 Å². The molecule has 14 heteroatoms. The van der Waals surface area contributed by atoms with Crippen molar-refractivity contribution in [3.05, 3.63) is 82.1 Å². The van der Waals surface area contributed by atoms with Crippen LogP contribution in [0.2, 0.25) is 0 Å². The van der Waals surface area contributed by atoms with Gasteiger partial charge in [-0.2, -0.15) is 13.1 Å². The number of rotatable bonds is 9. The van der Waals surface area contributed by atoms with E-state index in [1.807, 2.05) is 4.72 Å². The minimum absolute atomic E-state index is 0.222. The number of benzene rings is 2. The molecule has 9 nitrogen and oxygen atoms in total. The minimum Gasteiger partial charge on any atom is -0.381 e. The molecular weight excluding hydrogens is 542 g/mol. The molecule has 5 N–H and O–H groups in total. The van der Waals surface area contributed by atoms with Gasteiger partial charge in [0.1, 0.15) is 5.82 Å². The summed E-state index contributed by atoms with van der Waals surface area (Å²) in [5.41, 5.74) is 3.85. The number of hydrogen-bond donors (Lipinski definition) is 4. The quantitative estimate of drug-likeness (QED) is 0.291. The summed E-state index contributed by atoms with van der Waals surface area (Å²) in [4.78, 5) is 15.8. The molecule has 39 heavy (non-hydrogen) atoms. The molecule has 1 saturated heterocycles. The molecule has 1 aromatic heterocycles. The summed E-state index contributed by atoms with van der Waals surface area (Å²) in [6.07, 6.45) is 1.37. The van der Waals surface area contributed by atoms with Gasteiger partial charge in [0.15, 0.2) is 23.3 Å². The highest BCUT2D eigenvalue weighted by molar-refractivity contribution is 7.90. The molecule has 0 radical (unpaired) electrons. The Morgan fingerprint density at radius 2 is 1.77 bits per heavy atom. The molecular formula is C25H25F4N5O4S. The summed E-state index contributed by atoms with van der Waals surface area (Å²) in [6, 6.07) is 5.63. The summed E-state index contributed by atoms with van der Waals surface area (Å²) in [7, 11) is -4.21.